The van der Waals surface area contributed by atoms with Gasteiger partial charge in [-0.2, -0.15) is 5.26 Å². The number of carboxylic acids is 1. The van der Waals surface area contributed by atoms with Gasteiger partial charge in [0, 0.05) is 0 Å². The highest BCUT2D eigenvalue weighted by Crippen LogP contribution is 2.29. The van der Waals surface area contributed by atoms with Gasteiger partial charge in [0.1, 0.15) is 11.6 Å². The lowest BCUT2D eigenvalue weighted by Gasteiger charge is -2.20. The van der Waals surface area contributed by atoms with Gasteiger partial charge < -0.3 is 5.11 Å². The first-order valence-electron chi connectivity index (χ1n) is 4.50. The first-order valence-corrected chi connectivity index (χ1v) is 4.50. The molecule has 0 spiro atoms. The second-order valence-electron chi connectivity index (χ2n) is 3.58. The Morgan fingerprint density at radius 3 is 2.46 bits per heavy atom. The number of allylic oxidation sites excluding steroid dienone is 1. The predicted molar refractivity (Wildman–Crippen MR) is 47.9 cm³/mol. The number of hydrogen-bond donors (Lipinski definition) is 1. The lowest BCUT2D eigenvalue weighted by molar-refractivity contribution is -0.132. The van der Waals surface area contributed by atoms with Crippen LogP contribution < -0.4 is 0 Å². The van der Waals surface area contributed by atoms with Gasteiger partial charge in [-0.25, -0.2) is 4.79 Å². The first kappa shape index (κ1) is 9.79. The predicted octanol–water partition coefficient (Wildman–Crippen LogP) is 2.10. The van der Waals surface area contributed by atoms with E-state index in [-0.39, 0.29) is 5.57 Å². The Kier molecular flexibility index (Phi) is 3.07. The fraction of sp³-hybridized carbons (Fsp3) is 0.600. The Morgan fingerprint density at radius 2 is 2.08 bits per heavy atom. The number of carbonyl (C=O) groups is 1. The third-order valence-electron chi connectivity index (χ3n) is 2.56. The Balaban J connectivity index is 2.80. The van der Waals surface area contributed by atoms with Crippen LogP contribution in [0.15, 0.2) is 11.1 Å². The number of carboxylic acid groups (broad SMARTS) is 1. The molecule has 0 unspecified atom stereocenters. The standard InChI is InChI=1S/C10H13NO2/c1-7-2-4-8(5-3-7)9(6-11)10(12)13/h7H,2-5H2,1H3,(H,12,13). The molecule has 13 heavy (non-hydrogen) atoms. The molecule has 0 aromatic carbocycles. The molecule has 0 aromatic rings. The Hall–Kier alpha value is -1.30. The highest BCUT2D eigenvalue weighted by molar-refractivity contribution is 5.92. The van der Waals surface area contributed by atoms with Gasteiger partial charge >= 0.3 is 5.97 Å². The Labute approximate surface area is 77.7 Å². The summed E-state index contributed by atoms with van der Waals surface area (Å²) < 4.78 is 0. The minimum absolute atomic E-state index is 0.0353. The van der Waals surface area contributed by atoms with Gasteiger partial charge in [0.05, 0.1) is 0 Å². The van der Waals surface area contributed by atoms with Crippen LogP contribution in [0.1, 0.15) is 32.6 Å². The monoisotopic (exact) mass is 179 g/mol. The summed E-state index contributed by atoms with van der Waals surface area (Å²) in [4.78, 5) is 10.6. The van der Waals surface area contributed by atoms with E-state index in [1.165, 1.54) is 0 Å². The summed E-state index contributed by atoms with van der Waals surface area (Å²) in [5, 5.41) is 17.3. The molecule has 70 valence electrons. The van der Waals surface area contributed by atoms with Crippen LogP contribution in [0.25, 0.3) is 0 Å². The van der Waals surface area contributed by atoms with E-state index in [2.05, 4.69) is 6.92 Å². The van der Waals surface area contributed by atoms with Gasteiger partial charge in [0.2, 0.25) is 0 Å². The van der Waals surface area contributed by atoms with Crippen molar-refractivity contribution in [2.75, 3.05) is 0 Å². The van der Waals surface area contributed by atoms with Crippen LogP contribution in [0.4, 0.5) is 0 Å². The lowest BCUT2D eigenvalue weighted by Crippen LogP contribution is -2.09. The molecule has 0 radical (unpaired) electrons. The molecule has 1 fully saturated rings. The second kappa shape index (κ2) is 4.08. The van der Waals surface area contributed by atoms with Crippen molar-refractivity contribution < 1.29 is 9.90 Å². The van der Waals surface area contributed by atoms with Gasteiger partial charge in [-0.15, -0.1) is 0 Å². The Bertz CT molecular complexity index is 276. The van der Waals surface area contributed by atoms with Crippen molar-refractivity contribution in [2.24, 2.45) is 5.92 Å². The molecule has 0 aliphatic heterocycles. The van der Waals surface area contributed by atoms with Crippen LogP contribution in [0.3, 0.4) is 0 Å². The summed E-state index contributed by atoms with van der Waals surface area (Å²) in [7, 11) is 0. The van der Waals surface area contributed by atoms with Gasteiger partial charge in [-0.3, -0.25) is 0 Å². The quantitative estimate of drug-likeness (QED) is 0.495. The van der Waals surface area contributed by atoms with Crippen molar-refractivity contribution in [1.82, 2.24) is 0 Å². The van der Waals surface area contributed by atoms with Crippen LogP contribution in [-0.2, 0) is 4.79 Å². The van der Waals surface area contributed by atoms with Crippen molar-refractivity contribution >= 4 is 5.97 Å². The highest BCUT2D eigenvalue weighted by atomic mass is 16.4. The number of nitriles is 1. The summed E-state index contributed by atoms with van der Waals surface area (Å²) >= 11 is 0. The molecule has 0 saturated heterocycles. The SMILES string of the molecule is CC1CCC(=C(C#N)C(=O)O)CC1. The number of aliphatic carboxylic acids is 1. The van der Waals surface area contributed by atoms with E-state index in [9.17, 15) is 4.79 Å². The largest absolute Gasteiger partial charge is 0.477 e. The lowest BCUT2D eigenvalue weighted by atomic mass is 9.85. The minimum atomic E-state index is -1.08. The number of rotatable bonds is 1. The third-order valence-corrected chi connectivity index (χ3v) is 2.56. The topological polar surface area (TPSA) is 61.1 Å². The summed E-state index contributed by atoms with van der Waals surface area (Å²) in [5.74, 6) is -0.412. The fourth-order valence-corrected chi connectivity index (χ4v) is 1.64. The molecule has 1 rings (SSSR count). The van der Waals surface area contributed by atoms with Gasteiger partial charge in [0.15, 0.2) is 0 Å². The van der Waals surface area contributed by atoms with Crippen molar-refractivity contribution in [2.45, 2.75) is 32.6 Å². The molecule has 3 heteroatoms. The van der Waals surface area contributed by atoms with Crippen LogP contribution in [-0.4, -0.2) is 11.1 Å². The maximum Gasteiger partial charge on any atom is 0.346 e. The average molecular weight is 179 g/mol. The van der Waals surface area contributed by atoms with E-state index in [0.29, 0.717) is 5.92 Å². The van der Waals surface area contributed by atoms with Gasteiger partial charge in [-0.05, 0) is 37.2 Å². The molecule has 1 aliphatic carbocycles. The van der Waals surface area contributed by atoms with E-state index in [4.69, 9.17) is 10.4 Å². The van der Waals surface area contributed by atoms with E-state index >= 15 is 0 Å². The van der Waals surface area contributed by atoms with Gasteiger partial charge in [-0.1, -0.05) is 6.92 Å². The first-order chi connectivity index (χ1) is 6.15. The molecule has 3 nitrogen and oxygen atoms in total. The zero-order chi connectivity index (χ0) is 9.84. The number of nitrogens with zero attached hydrogens (tertiary/aromatic N) is 1. The molecule has 1 N–H and O–H groups in total. The van der Waals surface area contributed by atoms with Crippen LogP contribution in [0.2, 0.25) is 0 Å². The zero-order valence-corrected chi connectivity index (χ0v) is 7.71. The maximum absolute atomic E-state index is 10.6. The molecular weight excluding hydrogens is 166 g/mol. The van der Waals surface area contributed by atoms with Crippen molar-refractivity contribution in [3.05, 3.63) is 11.1 Å². The molecular formula is C10H13NO2. The smallest absolute Gasteiger partial charge is 0.346 e. The molecule has 1 aliphatic rings. The zero-order valence-electron chi connectivity index (χ0n) is 7.71. The van der Waals surface area contributed by atoms with Crippen molar-refractivity contribution in [3.8, 4) is 6.07 Å². The molecule has 1 saturated carbocycles. The van der Waals surface area contributed by atoms with Crippen LogP contribution >= 0.6 is 0 Å². The van der Waals surface area contributed by atoms with Gasteiger partial charge in [0.25, 0.3) is 0 Å². The van der Waals surface area contributed by atoms with Crippen molar-refractivity contribution in [3.63, 3.8) is 0 Å². The summed E-state index contributed by atoms with van der Waals surface area (Å²) in [6, 6.07) is 1.77. The molecule has 0 atom stereocenters. The maximum atomic E-state index is 10.6. The number of hydrogen-bond acceptors (Lipinski definition) is 2. The second-order valence-corrected chi connectivity index (χ2v) is 3.58. The third kappa shape index (κ3) is 2.32. The van der Waals surface area contributed by atoms with E-state index in [1.807, 2.05) is 0 Å². The van der Waals surface area contributed by atoms with E-state index in [1.54, 1.807) is 6.07 Å². The normalized spacial score (nSPS) is 22.2. The molecule has 0 aromatic heterocycles. The fourth-order valence-electron chi connectivity index (χ4n) is 1.64. The minimum Gasteiger partial charge on any atom is -0.477 e. The molecule has 0 amide bonds. The summed E-state index contributed by atoms with van der Waals surface area (Å²) in [5.41, 5.74) is 0.792. The highest BCUT2D eigenvalue weighted by Gasteiger charge is 2.19. The summed E-state index contributed by atoms with van der Waals surface area (Å²) in [6.45, 7) is 2.16. The van der Waals surface area contributed by atoms with Crippen LogP contribution in [0, 0.1) is 17.2 Å². The molecule has 0 bridgehead atoms. The average Bonchev–Trinajstić information content (AvgIpc) is 2.09. The van der Waals surface area contributed by atoms with Crippen LogP contribution in [0.5, 0.6) is 0 Å². The summed E-state index contributed by atoms with van der Waals surface area (Å²) in [6.07, 6.45) is 3.56. The Morgan fingerprint density at radius 1 is 1.54 bits per heavy atom. The molecule has 0 heterocycles. The van der Waals surface area contributed by atoms with E-state index in [0.717, 1.165) is 31.3 Å². The van der Waals surface area contributed by atoms with Crippen molar-refractivity contribution in [1.29, 1.82) is 5.26 Å². The van der Waals surface area contributed by atoms with E-state index < -0.39 is 5.97 Å².